The maximum absolute atomic E-state index is 12.9. The molecule has 4 nitrogen and oxygen atoms in total. The summed E-state index contributed by atoms with van der Waals surface area (Å²) in [6.07, 6.45) is 0. The number of nitrogens with zero attached hydrogens (tertiary/aromatic N) is 1. The monoisotopic (exact) mass is 324 g/mol. The lowest BCUT2D eigenvalue weighted by Crippen LogP contribution is -2.51. The highest BCUT2D eigenvalue weighted by Crippen LogP contribution is 2.23. The molecule has 3 rings (SSSR count). The minimum Gasteiger partial charge on any atom is -0.451 e. The first kappa shape index (κ1) is 16.5. The number of halogens is 2. The normalized spacial score (nSPS) is 17.9. The van der Waals surface area contributed by atoms with Gasteiger partial charge in [-0.05, 0) is 43.3 Å². The van der Waals surface area contributed by atoms with Gasteiger partial charge in [0.2, 0.25) is 0 Å². The van der Waals surface area contributed by atoms with E-state index in [9.17, 15) is 9.18 Å². The van der Waals surface area contributed by atoms with E-state index in [-0.39, 0.29) is 30.2 Å². The highest BCUT2D eigenvalue weighted by atomic mass is 35.5. The lowest BCUT2D eigenvalue weighted by atomic mass is 10.2. The number of carbonyl (C=O) groups is 1. The zero-order valence-electron chi connectivity index (χ0n) is 12.2. The summed E-state index contributed by atoms with van der Waals surface area (Å²) in [7, 11) is 0. The molecule has 118 valence electrons. The van der Waals surface area contributed by atoms with Gasteiger partial charge in [-0.3, -0.25) is 4.79 Å². The summed E-state index contributed by atoms with van der Waals surface area (Å²) in [4.78, 5) is 14.2. The fraction of sp³-hybridized carbons (Fsp3) is 0.312. The van der Waals surface area contributed by atoms with Crippen LogP contribution in [0, 0.1) is 5.82 Å². The van der Waals surface area contributed by atoms with Crippen molar-refractivity contribution in [3.63, 3.8) is 0 Å². The Morgan fingerprint density at radius 2 is 2.00 bits per heavy atom. The molecule has 0 radical (unpaired) electrons. The fourth-order valence-corrected chi connectivity index (χ4v) is 2.49. The molecular weight excluding hydrogens is 307 g/mol. The molecule has 0 saturated carbocycles. The number of piperazine rings is 1. The molecule has 0 bridgehead atoms. The lowest BCUT2D eigenvalue weighted by Gasteiger charge is -2.31. The second-order valence-corrected chi connectivity index (χ2v) is 5.28. The third kappa shape index (κ3) is 3.48. The van der Waals surface area contributed by atoms with E-state index in [2.05, 4.69) is 5.32 Å². The van der Waals surface area contributed by atoms with Crippen molar-refractivity contribution in [2.24, 2.45) is 0 Å². The van der Waals surface area contributed by atoms with Crippen LogP contribution in [-0.2, 0) is 0 Å². The Balaban J connectivity index is 0.00000176. The van der Waals surface area contributed by atoms with E-state index >= 15 is 0 Å². The molecule has 1 fully saturated rings. The van der Waals surface area contributed by atoms with Crippen molar-refractivity contribution in [1.82, 2.24) is 10.2 Å². The van der Waals surface area contributed by atoms with E-state index in [1.165, 1.54) is 12.1 Å². The third-order valence-corrected chi connectivity index (χ3v) is 3.60. The van der Waals surface area contributed by atoms with Crippen molar-refractivity contribution in [1.29, 1.82) is 0 Å². The van der Waals surface area contributed by atoms with Crippen LogP contribution < -0.4 is 5.32 Å². The van der Waals surface area contributed by atoms with E-state index in [0.29, 0.717) is 24.6 Å². The van der Waals surface area contributed by atoms with E-state index in [1.807, 2.05) is 6.92 Å². The van der Waals surface area contributed by atoms with Gasteiger partial charge in [0.05, 0.1) is 0 Å². The van der Waals surface area contributed by atoms with Gasteiger partial charge in [-0.1, -0.05) is 0 Å². The Morgan fingerprint density at radius 1 is 1.27 bits per heavy atom. The summed E-state index contributed by atoms with van der Waals surface area (Å²) in [5.74, 6) is 0.498. The van der Waals surface area contributed by atoms with Gasteiger partial charge in [-0.2, -0.15) is 0 Å². The van der Waals surface area contributed by atoms with E-state index in [4.69, 9.17) is 4.42 Å². The summed E-state index contributed by atoms with van der Waals surface area (Å²) in [6.45, 7) is 4.19. The van der Waals surface area contributed by atoms with Gasteiger partial charge >= 0.3 is 0 Å². The zero-order chi connectivity index (χ0) is 14.8. The molecule has 0 spiro atoms. The summed E-state index contributed by atoms with van der Waals surface area (Å²) in [5, 5.41) is 3.29. The molecule has 1 atom stereocenters. The average Bonchev–Trinajstić information content (AvgIpc) is 2.97. The maximum Gasteiger partial charge on any atom is 0.289 e. The van der Waals surface area contributed by atoms with Gasteiger partial charge in [-0.15, -0.1) is 12.4 Å². The van der Waals surface area contributed by atoms with Crippen LogP contribution >= 0.6 is 12.4 Å². The SMILES string of the molecule is CC1CN(C(=O)c2ccc(-c3ccc(F)cc3)o2)CCN1.Cl. The van der Waals surface area contributed by atoms with Crippen molar-refractivity contribution in [3.8, 4) is 11.3 Å². The molecule has 0 aliphatic carbocycles. The van der Waals surface area contributed by atoms with Crippen LogP contribution in [0.4, 0.5) is 4.39 Å². The summed E-state index contributed by atoms with van der Waals surface area (Å²) >= 11 is 0. The van der Waals surface area contributed by atoms with Crippen LogP contribution in [0.15, 0.2) is 40.8 Å². The van der Waals surface area contributed by atoms with E-state index < -0.39 is 0 Å². The van der Waals surface area contributed by atoms with E-state index in [0.717, 1.165) is 12.1 Å². The Bertz CT molecular complexity index is 642. The molecule has 2 aromatic rings. The van der Waals surface area contributed by atoms with Crippen molar-refractivity contribution in [3.05, 3.63) is 48.0 Å². The average molecular weight is 325 g/mol. The van der Waals surface area contributed by atoms with Gasteiger partial charge in [0, 0.05) is 31.2 Å². The second-order valence-electron chi connectivity index (χ2n) is 5.28. The Hall–Kier alpha value is -1.85. The summed E-state index contributed by atoms with van der Waals surface area (Å²) in [6, 6.07) is 9.72. The van der Waals surface area contributed by atoms with Crippen LogP contribution in [0.3, 0.4) is 0 Å². The predicted octanol–water partition coefficient (Wildman–Crippen LogP) is 2.94. The Morgan fingerprint density at radius 3 is 2.68 bits per heavy atom. The first-order valence-corrected chi connectivity index (χ1v) is 7.02. The smallest absolute Gasteiger partial charge is 0.289 e. The van der Waals surface area contributed by atoms with Gasteiger partial charge in [0.15, 0.2) is 5.76 Å². The van der Waals surface area contributed by atoms with Crippen LogP contribution in [0.25, 0.3) is 11.3 Å². The molecule has 1 amide bonds. The number of amides is 1. The molecule has 1 aliphatic heterocycles. The van der Waals surface area contributed by atoms with Gasteiger partial charge in [-0.25, -0.2) is 4.39 Å². The number of benzene rings is 1. The number of hydrogen-bond acceptors (Lipinski definition) is 3. The molecule has 1 aromatic carbocycles. The highest BCUT2D eigenvalue weighted by Gasteiger charge is 2.24. The van der Waals surface area contributed by atoms with Crippen LogP contribution in [0.5, 0.6) is 0 Å². The molecule has 1 saturated heterocycles. The first-order valence-electron chi connectivity index (χ1n) is 7.02. The predicted molar refractivity (Wildman–Crippen MR) is 84.7 cm³/mol. The Kier molecular flexibility index (Phi) is 5.21. The van der Waals surface area contributed by atoms with Crippen molar-refractivity contribution >= 4 is 18.3 Å². The summed E-state index contributed by atoms with van der Waals surface area (Å²) < 4.78 is 18.5. The third-order valence-electron chi connectivity index (χ3n) is 3.60. The fourth-order valence-electron chi connectivity index (χ4n) is 2.49. The lowest BCUT2D eigenvalue weighted by molar-refractivity contribution is 0.0678. The number of hydrogen-bond donors (Lipinski definition) is 1. The highest BCUT2D eigenvalue weighted by molar-refractivity contribution is 5.92. The number of furan rings is 1. The van der Waals surface area contributed by atoms with Gasteiger partial charge in [0.1, 0.15) is 11.6 Å². The van der Waals surface area contributed by atoms with E-state index in [1.54, 1.807) is 29.2 Å². The number of rotatable bonds is 2. The molecular formula is C16H18ClFN2O2. The largest absolute Gasteiger partial charge is 0.451 e. The quantitative estimate of drug-likeness (QED) is 0.924. The molecule has 1 aromatic heterocycles. The van der Waals surface area contributed by atoms with Crippen molar-refractivity contribution in [2.45, 2.75) is 13.0 Å². The zero-order valence-corrected chi connectivity index (χ0v) is 13.0. The Labute approximate surface area is 134 Å². The maximum atomic E-state index is 12.9. The number of nitrogens with one attached hydrogen (secondary N) is 1. The van der Waals surface area contributed by atoms with Gasteiger partial charge in [0.25, 0.3) is 5.91 Å². The minimum atomic E-state index is -0.295. The standard InChI is InChI=1S/C16H17FN2O2.ClH/c1-11-10-19(9-8-18-11)16(20)15-7-6-14(21-15)12-2-4-13(17)5-3-12;/h2-7,11,18H,8-10H2,1H3;1H. The molecule has 1 N–H and O–H groups in total. The van der Waals surface area contributed by atoms with Gasteiger partial charge < -0.3 is 14.6 Å². The molecule has 1 aliphatic rings. The van der Waals surface area contributed by atoms with Crippen LogP contribution in [0.1, 0.15) is 17.5 Å². The van der Waals surface area contributed by atoms with Crippen molar-refractivity contribution in [2.75, 3.05) is 19.6 Å². The number of carbonyl (C=O) groups excluding carboxylic acids is 1. The van der Waals surface area contributed by atoms with Crippen molar-refractivity contribution < 1.29 is 13.6 Å². The topological polar surface area (TPSA) is 45.5 Å². The molecule has 22 heavy (non-hydrogen) atoms. The van der Waals surface area contributed by atoms with Crippen LogP contribution in [-0.4, -0.2) is 36.5 Å². The van der Waals surface area contributed by atoms with Crippen LogP contribution in [0.2, 0.25) is 0 Å². The molecule has 2 heterocycles. The molecule has 6 heteroatoms. The first-order chi connectivity index (χ1) is 10.1. The minimum absolute atomic E-state index is 0. The second kappa shape index (κ2) is 6.94. The molecule has 1 unspecified atom stereocenters. The summed E-state index contributed by atoms with van der Waals surface area (Å²) in [5.41, 5.74) is 0.754.